The monoisotopic (exact) mass is 243 g/mol. The maximum absolute atomic E-state index is 4.40. The summed E-state index contributed by atoms with van der Waals surface area (Å²) in [5.74, 6) is 0. The zero-order valence-electron chi connectivity index (χ0n) is 10.9. The number of hydrogen-bond acceptors (Lipinski definition) is 4. The van der Waals surface area contributed by atoms with Crippen LogP contribution < -0.4 is 5.43 Å². The number of hydrogen-bond donors (Lipinski definition) is 1. The molecule has 0 aliphatic carbocycles. The van der Waals surface area contributed by atoms with Crippen LogP contribution in [0.4, 0.5) is 5.69 Å². The zero-order valence-corrected chi connectivity index (χ0v) is 10.9. The number of aromatic nitrogens is 3. The summed E-state index contributed by atoms with van der Waals surface area (Å²) in [6.45, 7) is 6.71. The Morgan fingerprint density at radius 3 is 2.67 bits per heavy atom. The Labute approximate surface area is 107 Å². The molecule has 94 valence electrons. The molecule has 2 aromatic rings. The van der Waals surface area contributed by atoms with E-state index >= 15 is 0 Å². The number of aryl methyl sites for hydroxylation is 2. The molecule has 2 aromatic heterocycles. The first kappa shape index (κ1) is 12.3. The van der Waals surface area contributed by atoms with Crippen molar-refractivity contribution in [3.05, 3.63) is 42.0 Å². The van der Waals surface area contributed by atoms with E-state index in [1.54, 1.807) is 12.4 Å². The van der Waals surface area contributed by atoms with E-state index in [-0.39, 0.29) is 0 Å². The van der Waals surface area contributed by atoms with E-state index in [4.69, 9.17) is 0 Å². The minimum atomic E-state index is 0.692. The van der Waals surface area contributed by atoms with Crippen LogP contribution in [0.3, 0.4) is 0 Å². The summed E-state index contributed by atoms with van der Waals surface area (Å²) in [6.07, 6.45) is 3.46. The Bertz CT molecular complexity index is 542. The maximum Gasteiger partial charge on any atom is 0.0810 e. The summed E-state index contributed by atoms with van der Waals surface area (Å²) in [4.78, 5) is 3.95. The number of nitrogens with zero attached hydrogens (tertiary/aromatic N) is 4. The number of rotatable bonds is 4. The lowest BCUT2D eigenvalue weighted by Crippen LogP contribution is -2.11. The largest absolute Gasteiger partial charge is 0.278 e. The van der Waals surface area contributed by atoms with E-state index in [0.29, 0.717) is 6.54 Å². The summed E-state index contributed by atoms with van der Waals surface area (Å²) in [6, 6.07) is 5.81. The van der Waals surface area contributed by atoms with Crippen molar-refractivity contribution in [2.24, 2.45) is 5.10 Å². The van der Waals surface area contributed by atoms with Crippen molar-refractivity contribution in [2.75, 3.05) is 5.43 Å². The first-order valence-electron chi connectivity index (χ1n) is 5.85. The summed E-state index contributed by atoms with van der Waals surface area (Å²) < 4.78 is 1.95. The molecular weight excluding hydrogens is 226 g/mol. The molecule has 0 radical (unpaired) electrons. The molecule has 0 aromatic carbocycles. The van der Waals surface area contributed by atoms with E-state index in [9.17, 15) is 0 Å². The molecule has 2 rings (SSSR count). The van der Waals surface area contributed by atoms with Gasteiger partial charge in [-0.3, -0.25) is 15.1 Å². The smallest absolute Gasteiger partial charge is 0.0810 e. The predicted octanol–water partition coefficient (Wildman–Crippen LogP) is 2.38. The lowest BCUT2D eigenvalue weighted by atomic mass is 10.4. The highest BCUT2D eigenvalue weighted by atomic mass is 15.3. The number of anilines is 1. The Balaban J connectivity index is 1.99. The third-order valence-corrected chi connectivity index (χ3v) is 2.54. The standard InChI is InChI=1S/C13H17N5/c1-10-8-12(3)18(17-10)9-11(2)15-16-13-4-6-14-7-5-13/h4-8H,9H2,1-3H3,(H,14,16)/b15-11+. The number of nitrogens with one attached hydrogen (secondary N) is 1. The van der Waals surface area contributed by atoms with Crippen LogP contribution in [0.5, 0.6) is 0 Å². The van der Waals surface area contributed by atoms with Crippen LogP contribution in [0, 0.1) is 13.8 Å². The molecule has 0 amide bonds. The molecule has 0 unspecified atom stereocenters. The van der Waals surface area contributed by atoms with Gasteiger partial charge in [0.2, 0.25) is 0 Å². The minimum absolute atomic E-state index is 0.692. The first-order chi connectivity index (χ1) is 8.65. The fourth-order valence-corrected chi connectivity index (χ4v) is 1.67. The topological polar surface area (TPSA) is 55.1 Å². The predicted molar refractivity (Wildman–Crippen MR) is 72.7 cm³/mol. The molecular formula is C13H17N5. The van der Waals surface area contributed by atoms with Gasteiger partial charge >= 0.3 is 0 Å². The van der Waals surface area contributed by atoms with Gasteiger partial charge in [-0.2, -0.15) is 10.2 Å². The van der Waals surface area contributed by atoms with E-state index in [0.717, 1.165) is 22.8 Å². The maximum atomic E-state index is 4.40. The quantitative estimate of drug-likeness (QED) is 0.662. The molecule has 5 nitrogen and oxygen atoms in total. The Morgan fingerprint density at radius 2 is 2.06 bits per heavy atom. The van der Waals surface area contributed by atoms with Crippen LogP contribution in [0.25, 0.3) is 0 Å². The van der Waals surface area contributed by atoms with Crippen molar-refractivity contribution < 1.29 is 0 Å². The van der Waals surface area contributed by atoms with E-state index < -0.39 is 0 Å². The summed E-state index contributed by atoms with van der Waals surface area (Å²) in [7, 11) is 0. The van der Waals surface area contributed by atoms with Crippen LogP contribution in [0.1, 0.15) is 18.3 Å². The van der Waals surface area contributed by atoms with Crippen molar-refractivity contribution >= 4 is 11.4 Å². The van der Waals surface area contributed by atoms with Gasteiger partial charge in [-0.05, 0) is 39.0 Å². The van der Waals surface area contributed by atoms with Gasteiger partial charge in [-0.1, -0.05) is 0 Å². The van der Waals surface area contributed by atoms with Crippen LogP contribution >= 0.6 is 0 Å². The van der Waals surface area contributed by atoms with Crippen LogP contribution in [0.2, 0.25) is 0 Å². The van der Waals surface area contributed by atoms with E-state index in [2.05, 4.69) is 26.7 Å². The van der Waals surface area contributed by atoms with Crippen LogP contribution in [-0.2, 0) is 6.54 Å². The third-order valence-electron chi connectivity index (χ3n) is 2.54. The van der Waals surface area contributed by atoms with E-state index in [1.807, 2.05) is 37.6 Å². The van der Waals surface area contributed by atoms with Gasteiger partial charge in [0, 0.05) is 18.1 Å². The average molecular weight is 243 g/mol. The van der Waals surface area contributed by atoms with Crippen molar-refractivity contribution in [3.8, 4) is 0 Å². The van der Waals surface area contributed by atoms with Crippen molar-refractivity contribution in [1.82, 2.24) is 14.8 Å². The van der Waals surface area contributed by atoms with Gasteiger partial charge in [0.25, 0.3) is 0 Å². The van der Waals surface area contributed by atoms with Gasteiger partial charge in [0.05, 0.1) is 23.6 Å². The summed E-state index contributed by atoms with van der Waals surface area (Å²) in [5.41, 5.74) is 7.07. The first-order valence-corrected chi connectivity index (χ1v) is 5.85. The molecule has 18 heavy (non-hydrogen) atoms. The Hall–Kier alpha value is -2.17. The molecule has 0 spiro atoms. The second-order valence-corrected chi connectivity index (χ2v) is 4.28. The lowest BCUT2D eigenvalue weighted by molar-refractivity contribution is 0.690. The van der Waals surface area contributed by atoms with Gasteiger partial charge in [0.1, 0.15) is 0 Å². The highest BCUT2D eigenvalue weighted by Crippen LogP contribution is 2.04. The second-order valence-electron chi connectivity index (χ2n) is 4.28. The van der Waals surface area contributed by atoms with Gasteiger partial charge < -0.3 is 0 Å². The molecule has 0 fully saturated rings. The van der Waals surface area contributed by atoms with Gasteiger partial charge in [-0.15, -0.1) is 0 Å². The van der Waals surface area contributed by atoms with Crippen LogP contribution in [0.15, 0.2) is 35.7 Å². The molecule has 5 heteroatoms. The highest BCUT2D eigenvalue weighted by Gasteiger charge is 2.01. The average Bonchev–Trinajstić information content (AvgIpc) is 2.67. The Morgan fingerprint density at radius 1 is 1.33 bits per heavy atom. The zero-order chi connectivity index (χ0) is 13.0. The third kappa shape index (κ3) is 3.16. The van der Waals surface area contributed by atoms with Gasteiger partial charge in [0.15, 0.2) is 0 Å². The molecule has 0 atom stereocenters. The normalized spacial score (nSPS) is 11.6. The minimum Gasteiger partial charge on any atom is -0.278 e. The SMILES string of the molecule is C/C(Cn1nc(C)cc1C)=N\Nc1ccncc1. The summed E-state index contributed by atoms with van der Waals surface area (Å²) in [5, 5.41) is 8.72. The second kappa shape index (κ2) is 5.44. The van der Waals surface area contributed by atoms with E-state index in [1.165, 1.54) is 0 Å². The number of hydrazone groups is 1. The number of pyridine rings is 1. The van der Waals surface area contributed by atoms with Crippen molar-refractivity contribution in [3.63, 3.8) is 0 Å². The molecule has 1 N–H and O–H groups in total. The molecule has 0 saturated heterocycles. The molecule has 0 bridgehead atoms. The van der Waals surface area contributed by atoms with Crippen molar-refractivity contribution in [1.29, 1.82) is 0 Å². The molecule has 0 aliphatic heterocycles. The fraction of sp³-hybridized carbons (Fsp3) is 0.308. The fourth-order valence-electron chi connectivity index (χ4n) is 1.67. The Kier molecular flexibility index (Phi) is 3.72. The van der Waals surface area contributed by atoms with Crippen LogP contribution in [-0.4, -0.2) is 20.5 Å². The molecule has 2 heterocycles. The molecule has 0 saturated carbocycles. The molecule has 0 aliphatic rings. The van der Waals surface area contributed by atoms with Gasteiger partial charge in [-0.25, -0.2) is 0 Å². The highest BCUT2D eigenvalue weighted by molar-refractivity contribution is 5.82. The lowest BCUT2D eigenvalue weighted by Gasteiger charge is -2.05. The summed E-state index contributed by atoms with van der Waals surface area (Å²) >= 11 is 0. The van der Waals surface area contributed by atoms with Crippen molar-refractivity contribution in [2.45, 2.75) is 27.3 Å².